The molecule has 0 amide bonds. The first-order valence-corrected chi connectivity index (χ1v) is 6.27. The van der Waals surface area contributed by atoms with E-state index < -0.39 is 11.9 Å². The molecule has 2 fully saturated rings. The first-order chi connectivity index (χ1) is 9.40. The Labute approximate surface area is 117 Å². The van der Waals surface area contributed by atoms with Gasteiger partial charge in [0.05, 0.1) is 12.5 Å². The summed E-state index contributed by atoms with van der Waals surface area (Å²) in [6.07, 6.45) is 2.21. The maximum absolute atomic E-state index is 10.9. The third-order valence-electron chi connectivity index (χ3n) is 2.63. The molecule has 0 aromatic heterocycles. The molecule has 110 valence electrons. The monoisotopic (exact) mass is 282 g/mol. The van der Waals surface area contributed by atoms with E-state index in [2.05, 4.69) is 17.9 Å². The van der Waals surface area contributed by atoms with Crippen molar-refractivity contribution in [1.29, 1.82) is 0 Å². The first kappa shape index (κ1) is 16.1. The lowest BCUT2D eigenvalue weighted by atomic mass is 10.2. The highest BCUT2D eigenvalue weighted by Crippen LogP contribution is 2.12. The molecule has 0 saturated carbocycles. The van der Waals surface area contributed by atoms with Crippen molar-refractivity contribution in [3.63, 3.8) is 0 Å². The summed E-state index contributed by atoms with van der Waals surface area (Å²) >= 11 is 0. The first-order valence-electron chi connectivity index (χ1n) is 6.27. The Bertz CT molecular complexity index is 413. The molecule has 6 heteroatoms. The molecule has 0 N–H and O–H groups in total. The van der Waals surface area contributed by atoms with Crippen LogP contribution in [0.1, 0.15) is 26.2 Å². The number of esters is 3. The Balaban J connectivity index is 0.000000217. The van der Waals surface area contributed by atoms with Crippen LogP contribution in [0.15, 0.2) is 24.3 Å². The van der Waals surface area contributed by atoms with Crippen molar-refractivity contribution >= 4 is 17.9 Å². The largest absolute Gasteiger partial charge is 0.460 e. The molecule has 20 heavy (non-hydrogen) atoms. The van der Waals surface area contributed by atoms with Crippen LogP contribution in [-0.4, -0.2) is 37.2 Å². The van der Waals surface area contributed by atoms with E-state index in [9.17, 15) is 14.4 Å². The minimum absolute atomic E-state index is 0.0544. The highest BCUT2D eigenvalue weighted by Gasteiger charge is 2.24. The van der Waals surface area contributed by atoms with Gasteiger partial charge < -0.3 is 14.2 Å². The van der Waals surface area contributed by atoms with Crippen molar-refractivity contribution in [2.24, 2.45) is 0 Å². The number of ether oxygens (including phenoxy) is 3. The molecule has 0 aromatic rings. The third kappa shape index (κ3) is 5.36. The van der Waals surface area contributed by atoms with Gasteiger partial charge in [-0.05, 0) is 19.8 Å². The zero-order valence-electron chi connectivity index (χ0n) is 11.5. The number of rotatable bonds is 3. The van der Waals surface area contributed by atoms with Gasteiger partial charge in [0.2, 0.25) is 0 Å². The van der Waals surface area contributed by atoms with Gasteiger partial charge in [0.25, 0.3) is 0 Å². The standard InChI is InChI=1S/C9H14O3.C5H4O3/c1-7(2)9(10)12-6-8-4-3-5-11-8;1-3-2-4(6)8-5(3)7/h8H,1,3-6H2,2H3;1-2H2. The van der Waals surface area contributed by atoms with Gasteiger partial charge in [0, 0.05) is 17.8 Å². The van der Waals surface area contributed by atoms with E-state index in [1.54, 1.807) is 6.92 Å². The molecule has 1 unspecified atom stereocenters. The fourth-order valence-corrected chi connectivity index (χ4v) is 1.53. The van der Waals surface area contributed by atoms with Crippen LogP contribution in [0.3, 0.4) is 0 Å². The molecule has 2 aliphatic rings. The Morgan fingerprint density at radius 1 is 1.45 bits per heavy atom. The lowest BCUT2D eigenvalue weighted by Crippen LogP contribution is -2.17. The van der Waals surface area contributed by atoms with Crippen LogP contribution in [0.4, 0.5) is 0 Å². The molecule has 0 radical (unpaired) electrons. The van der Waals surface area contributed by atoms with Gasteiger partial charge in [0.15, 0.2) is 0 Å². The van der Waals surface area contributed by atoms with Gasteiger partial charge in [-0.25, -0.2) is 9.59 Å². The molecule has 0 aromatic carbocycles. The normalized spacial score (nSPS) is 21.1. The summed E-state index contributed by atoms with van der Waals surface area (Å²) in [6, 6.07) is 0. The minimum Gasteiger partial charge on any atom is -0.460 e. The number of hydrogen-bond acceptors (Lipinski definition) is 6. The summed E-state index contributed by atoms with van der Waals surface area (Å²) in [7, 11) is 0. The molecule has 1 atom stereocenters. The fraction of sp³-hybridized carbons (Fsp3) is 0.500. The SMILES string of the molecule is C=C(C)C(=O)OCC1CCCO1.C=C1CC(=O)OC1=O. The van der Waals surface area contributed by atoms with E-state index in [-0.39, 0.29) is 24.1 Å². The Kier molecular flexibility index (Phi) is 6.11. The van der Waals surface area contributed by atoms with Gasteiger partial charge in [-0.2, -0.15) is 0 Å². The van der Waals surface area contributed by atoms with Crippen LogP contribution < -0.4 is 0 Å². The average molecular weight is 282 g/mol. The highest BCUT2D eigenvalue weighted by atomic mass is 16.6. The lowest BCUT2D eigenvalue weighted by Gasteiger charge is -2.09. The van der Waals surface area contributed by atoms with Gasteiger partial charge in [-0.1, -0.05) is 13.2 Å². The van der Waals surface area contributed by atoms with Crippen LogP contribution in [0, 0.1) is 0 Å². The summed E-state index contributed by atoms with van der Waals surface area (Å²) in [4.78, 5) is 31.3. The second-order valence-electron chi connectivity index (χ2n) is 4.56. The predicted octanol–water partition coefficient (Wildman–Crippen LogP) is 1.30. The van der Waals surface area contributed by atoms with Gasteiger partial charge in [-0.15, -0.1) is 0 Å². The topological polar surface area (TPSA) is 78.9 Å². The number of carbonyl (C=O) groups excluding carboxylic acids is 3. The van der Waals surface area contributed by atoms with E-state index in [1.165, 1.54) is 0 Å². The summed E-state index contributed by atoms with van der Waals surface area (Å²) < 4.78 is 14.3. The maximum atomic E-state index is 10.9. The fourth-order valence-electron chi connectivity index (χ4n) is 1.53. The van der Waals surface area contributed by atoms with Gasteiger partial charge in [-0.3, -0.25) is 4.79 Å². The van der Waals surface area contributed by atoms with Gasteiger partial charge >= 0.3 is 17.9 Å². The van der Waals surface area contributed by atoms with E-state index in [1.807, 2.05) is 0 Å². The summed E-state index contributed by atoms with van der Waals surface area (Å²) in [6.45, 7) is 9.57. The second-order valence-corrected chi connectivity index (χ2v) is 4.56. The molecule has 2 heterocycles. The molecule has 0 spiro atoms. The van der Waals surface area contributed by atoms with Crippen LogP contribution in [-0.2, 0) is 28.6 Å². The molecule has 2 saturated heterocycles. The highest BCUT2D eigenvalue weighted by molar-refractivity contribution is 6.05. The lowest BCUT2D eigenvalue weighted by molar-refractivity contribution is -0.151. The van der Waals surface area contributed by atoms with Crippen molar-refractivity contribution in [3.05, 3.63) is 24.3 Å². The van der Waals surface area contributed by atoms with E-state index >= 15 is 0 Å². The van der Waals surface area contributed by atoms with Crippen LogP contribution in [0.25, 0.3) is 0 Å². The Morgan fingerprint density at radius 2 is 2.15 bits per heavy atom. The number of hydrogen-bond donors (Lipinski definition) is 0. The Hall–Kier alpha value is -1.95. The number of cyclic esters (lactones) is 2. The number of carbonyl (C=O) groups is 3. The molecule has 2 rings (SSSR count). The van der Waals surface area contributed by atoms with Crippen LogP contribution in [0.2, 0.25) is 0 Å². The van der Waals surface area contributed by atoms with Crippen molar-refractivity contribution in [2.75, 3.05) is 13.2 Å². The predicted molar refractivity (Wildman–Crippen MR) is 69.6 cm³/mol. The average Bonchev–Trinajstić information content (AvgIpc) is 2.98. The second kappa shape index (κ2) is 7.59. The molecular formula is C14H18O6. The molecule has 0 bridgehead atoms. The molecule has 2 aliphatic heterocycles. The minimum atomic E-state index is -0.588. The quantitative estimate of drug-likeness (QED) is 0.441. The van der Waals surface area contributed by atoms with Crippen molar-refractivity contribution in [1.82, 2.24) is 0 Å². The zero-order chi connectivity index (χ0) is 15.1. The molecule has 0 aliphatic carbocycles. The molecule has 6 nitrogen and oxygen atoms in total. The van der Waals surface area contributed by atoms with Crippen molar-refractivity contribution in [3.8, 4) is 0 Å². The van der Waals surface area contributed by atoms with Crippen LogP contribution >= 0.6 is 0 Å². The van der Waals surface area contributed by atoms with E-state index in [4.69, 9.17) is 9.47 Å². The molecular weight excluding hydrogens is 264 g/mol. The Morgan fingerprint density at radius 3 is 2.50 bits per heavy atom. The summed E-state index contributed by atoms with van der Waals surface area (Å²) in [5, 5.41) is 0. The zero-order valence-corrected chi connectivity index (χ0v) is 11.5. The van der Waals surface area contributed by atoms with Crippen molar-refractivity contribution < 1.29 is 28.6 Å². The smallest absolute Gasteiger partial charge is 0.341 e. The third-order valence-corrected chi connectivity index (χ3v) is 2.63. The van der Waals surface area contributed by atoms with Gasteiger partial charge in [0.1, 0.15) is 6.61 Å². The van der Waals surface area contributed by atoms with Crippen molar-refractivity contribution in [2.45, 2.75) is 32.3 Å². The summed E-state index contributed by atoms with van der Waals surface area (Å²) in [5.41, 5.74) is 0.683. The van der Waals surface area contributed by atoms with E-state index in [0.717, 1.165) is 19.4 Å². The maximum Gasteiger partial charge on any atom is 0.341 e. The van der Waals surface area contributed by atoms with E-state index in [0.29, 0.717) is 12.2 Å². The van der Waals surface area contributed by atoms with Crippen LogP contribution in [0.5, 0.6) is 0 Å². The summed E-state index contributed by atoms with van der Waals surface area (Å²) in [5.74, 6) is -1.42.